The van der Waals surface area contributed by atoms with Gasteiger partial charge in [-0.05, 0) is 48.1 Å². The number of hydrogen-bond acceptors (Lipinski definition) is 1. The molecule has 0 aliphatic rings. The van der Waals surface area contributed by atoms with E-state index in [0.29, 0.717) is 5.92 Å². The van der Waals surface area contributed by atoms with Crippen LogP contribution in [0.4, 0.5) is 0 Å². The summed E-state index contributed by atoms with van der Waals surface area (Å²) in [5.41, 5.74) is 3.11. The molecule has 124 valence electrons. The lowest BCUT2D eigenvalue weighted by Crippen LogP contribution is -2.20. The van der Waals surface area contributed by atoms with Crippen LogP contribution in [0.5, 0.6) is 0 Å². The number of aromatic nitrogens is 1. The van der Waals surface area contributed by atoms with Gasteiger partial charge in [-0.1, -0.05) is 68.4 Å². The second-order valence-electron chi connectivity index (χ2n) is 5.29. The minimum atomic E-state index is 0.287. The normalized spacial score (nSPS) is 10.4. The molecular formula is C20H39N. The van der Waals surface area contributed by atoms with Crippen LogP contribution in [0.15, 0.2) is 18.5 Å². The van der Waals surface area contributed by atoms with Gasteiger partial charge < -0.3 is 0 Å². The largest absolute Gasteiger partial charge is 0.264 e. The molecule has 0 spiro atoms. The van der Waals surface area contributed by atoms with E-state index in [4.69, 9.17) is 0 Å². The molecule has 0 fully saturated rings. The summed E-state index contributed by atoms with van der Waals surface area (Å²) in [6, 6.07) is 2.39. The van der Waals surface area contributed by atoms with E-state index in [1.54, 1.807) is 0 Å². The van der Waals surface area contributed by atoms with E-state index >= 15 is 0 Å². The van der Waals surface area contributed by atoms with Crippen molar-refractivity contribution in [2.24, 2.45) is 0 Å². The van der Waals surface area contributed by atoms with Gasteiger partial charge in [-0.15, -0.1) is 0 Å². The first-order valence-corrected chi connectivity index (χ1v) is 9.06. The molecule has 0 aliphatic heterocycles. The number of hydrogen-bond donors (Lipinski definition) is 0. The first-order valence-electron chi connectivity index (χ1n) is 9.06. The van der Waals surface area contributed by atoms with Gasteiger partial charge in [0.05, 0.1) is 0 Å². The first kappa shape index (κ1) is 22.4. The predicted molar refractivity (Wildman–Crippen MR) is 98.2 cm³/mol. The second-order valence-corrected chi connectivity index (χ2v) is 5.29. The zero-order chi connectivity index (χ0) is 16.9. The van der Waals surface area contributed by atoms with E-state index in [-0.39, 0.29) is 5.41 Å². The minimum Gasteiger partial charge on any atom is -0.264 e. The highest BCUT2D eigenvalue weighted by molar-refractivity contribution is 5.27. The van der Waals surface area contributed by atoms with Crippen LogP contribution in [0.2, 0.25) is 0 Å². The fraction of sp³-hybridized carbons (Fsp3) is 0.750. The molecule has 1 aromatic rings. The Labute approximate surface area is 134 Å². The smallest absolute Gasteiger partial charge is 0.0305 e. The molecule has 0 saturated heterocycles. The third-order valence-electron chi connectivity index (χ3n) is 4.47. The van der Waals surface area contributed by atoms with Crippen molar-refractivity contribution in [2.45, 2.75) is 99.3 Å². The maximum atomic E-state index is 4.46. The van der Waals surface area contributed by atoms with Gasteiger partial charge in [0.1, 0.15) is 0 Å². The van der Waals surface area contributed by atoms with Crippen molar-refractivity contribution < 1.29 is 0 Å². The third kappa shape index (κ3) is 6.63. The Balaban J connectivity index is 0. The molecule has 0 saturated carbocycles. The van der Waals surface area contributed by atoms with Crippen LogP contribution in [0.1, 0.15) is 105 Å². The second kappa shape index (κ2) is 12.9. The van der Waals surface area contributed by atoms with Gasteiger partial charge in [0.25, 0.3) is 0 Å². The van der Waals surface area contributed by atoms with Crippen LogP contribution >= 0.6 is 0 Å². The Morgan fingerprint density at radius 1 is 0.905 bits per heavy atom. The number of nitrogens with zero attached hydrogens (tertiary/aromatic N) is 1. The molecule has 0 amide bonds. The van der Waals surface area contributed by atoms with Crippen molar-refractivity contribution in [3.8, 4) is 0 Å². The highest BCUT2D eigenvalue weighted by atomic mass is 14.6. The van der Waals surface area contributed by atoms with E-state index in [2.05, 4.69) is 51.9 Å². The monoisotopic (exact) mass is 293 g/mol. The highest BCUT2D eigenvalue weighted by Crippen LogP contribution is 2.33. The average Bonchev–Trinajstić information content (AvgIpc) is 2.59. The van der Waals surface area contributed by atoms with Crippen LogP contribution in [0, 0.1) is 0 Å². The van der Waals surface area contributed by atoms with Crippen LogP contribution in [0.3, 0.4) is 0 Å². The van der Waals surface area contributed by atoms with Gasteiger partial charge in [-0.25, -0.2) is 0 Å². The summed E-state index contributed by atoms with van der Waals surface area (Å²) in [5, 5.41) is 0. The molecule has 0 unspecified atom stereocenters. The third-order valence-corrected chi connectivity index (χ3v) is 4.47. The van der Waals surface area contributed by atoms with Gasteiger partial charge in [-0.2, -0.15) is 0 Å². The Morgan fingerprint density at radius 3 is 1.76 bits per heavy atom. The van der Waals surface area contributed by atoms with Crippen molar-refractivity contribution in [3.63, 3.8) is 0 Å². The van der Waals surface area contributed by atoms with Crippen LogP contribution in [0.25, 0.3) is 0 Å². The minimum absolute atomic E-state index is 0.287. The van der Waals surface area contributed by atoms with E-state index in [0.717, 1.165) is 0 Å². The summed E-state index contributed by atoms with van der Waals surface area (Å²) in [6.45, 7) is 19.4. The molecule has 1 nitrogen and oxygen atoms in total. The molecule has 0 atom stereocenters. The van der Waals surface area contributed by atoms with Crippen molar-refractivity contribution in [2.75, 3.05) is 0 Å². The molecule has 0 bridgehead atoms. The lowest BCUT2D eigenvalue weighted by atomic mass is 9.77. The van der Waals surface area contributed by atoms with Gasteiger partial charge in [0.2, 0.25) is 0 Å². The van der Waals surface area contributed by atoms with Crippen molar-refractivity contribution >= 4 is 0 Å². The Morgan fingerprint density at radius 2 is 1.38 bits per heavy atom. The molecular weight excluding hydrogens is 254 g/mol. The molecule has 1 heterocycles. The maximum absolute atomic E-state index is 4.46. The Kier molecular flexibility index (Phi) is 13.7. The molecule has 0 aromatic carbocycles. The van der Waals surface area contributed by atoms with Crippen molar-refractivity contribution in [1.29, 1.82) is 0 Å². The Hall–Kier alpha value is -0.850. The van der Waals surface area contributed by atoms with E-state index in [9.17, 15) is 0 Å². The van der Waals surface area contributed by atoms with Crippen LogP contribution in [-0.2, 0) is 5.41 Å². The molecule has 1 aromatic heterocycles. The summed E-state index contributed by atoms with van der Waals surface area (Å²) in [7, 11) is 0. The van der Waals surface area contributed by atoms with E-state index in [1.807, 2.05) is 33.9 Å². The fourth-order valence-corrected chi connectivity index (χ4v) is 2.43. The van der Waals surface area contributed by atoms with Crippen LogP contribution in [-0.4, -0.2) is 4.98 Å². The Bertz CT molecular complexity index is 335. The number of pyridine rings is 1. The van der Waals surface area contributed by atoms with Gasteiger partial charge >= 0.3 is 0 Å². The van der Waals surface area contributed by atoms with Gasteiger partial charge in [-0.3, -0.25) is 4.98 Å². The summed E-state index contributed by atoms with van der Waals surface area (Å²) in [5.74, 6) is 0.667. The van der Waals surface area contributed by atoms with Crippen molar-refractivity contribution in [1.82, 2.24) is 4.98 Å². The number of rotatable bonds is 6. The lowest BCUT2D eigenvalue weighted by Gasteiger charge is -2.28. The lowest BCUT2D eigenvalue weighted by molar-refractivity contribution is 0.436. The SMILES string of the molecule is CC.CC.CCC(CC)c1cncc(C(C)(CC)CC)c1. The maximum Gasteiger partial charge on any atom is 0.0305 e. The molecule has 0 N–H and O–H groups in total. The summed E-state index contributed by atoms with van der Waals surface area (Å²) < 4.78 is 0. The van der Waals surface area contributed by atoms with Crippen molar-refractivity contribution in [3.05, 3.63) is 29.6 Å². The molecule has 1 rings (SSSR count). The summed E-state index contributed by atoms with van der Waals surface area (Å²) >= 11 is 0. The van der Waals surface area contributed by atoms with Crippen LogP contribution < -0.4 is 0 Å². The standard InChI is InChI=1S/C16H27N.2C2H6/c1-6-13(7-2)14-10-15(12-17-11-14)16(5,8-3)9-4;2*1-2/h10-13H,6-9H2,1-5H3;2*1-2H3. The quantitative estimate of drug-likeness (QED) is 0.544. The van der Waals surface area contributed by atoms with E-state index in [1.165, 1.54) is 36.8 Å². The molecule has 1 heteroatoms. The van der Waals surface area contributed by atoms with Gasteiger partial charge in [0.15, 0.2) is 0 Å². The fourth-order valence-electron chi connectivity index (χ4n) is 2.43. The first-order chi connectivity index (χ1) is 10.1. The van der Waals surface area contributed by atoms with Gasteiger partial charge in [0, 0.05) is 12.4 Å². The predicted octanol–water partition coefficient (Wildman–Crippen LogP) is 7.12. The average molecular weight is 294 g/mol. The molecule has 21 heavy (non-hydrogen) atoms. The molecule has 0 aliphatic carbocycles. The zero-order valence-electron chi connectivity index (χ0n) is 16.1. The molecule has 0 radical (unpaired) electrons. The highest BCUT2D eigenvalue weighted by Gasteiger charge is 2.23. The summed E-state index contributed by atoms with van der Waals surface area (Å²) in [6.07, 6.45) is 8.87. The summed E-state index contributed by atoms with van der Waals surface area (Å²) in [4.78, 5) is 4.46. The van der Waals surface area contributed by atoms with E-state index < -0.39 is 0 Å². The topological polar surface area (TPSA) is 12.9 Å². The zero-order valence-corrected chi connectivity index (χ0v) is 16.1.